The van der Waals surface area contributed by atoms with Crippen LogP contribution in [0.3, 0.4) is 0 Å². The molecule has 0 aromatic heterocycles. The molecule has 0 heterocycles. The quantitative estimate of drug-likeness (QED) is 0.115. The maximum absolute atomic E-state index is 11.1. The average molecular weight is 531 g/mol. The minimum absolute atomic E-state index is 0.194. The van der Waals surface area contributed by atoms with Crippen molar-refractivity contribution in [3.05, 3.63) is 28.8 Å². The summed E-state index contributed by atoms with van der Waals surface area (Å²) in [7, 11) is 0. The largest absolute Gasteiger partial charge is 0.493 e. The Kier molecular flexibility index (Phi) is 22.3. The van der Waals surface area contributed by atoms with Gasteiger partial charge in [-0.2, -0.15) is 0 Å². The molecule has 0 bridgehead atoms. The molecular formula is C35H62O3. The van der Waals surface area contributed by atoms with Crippen molar-refractivity contribution in [3.8, 4) is 5.75 Å². The molecule has 0 unspecified atom stereocenters. The van der Waals surface area contributed by atoms with Gasteiger partial charge in [0.1, 0.15) is 5.75 Å². The lowest BCUT2D eigenvalue weighted by molar-refractivity contribution is -0.136. The smallest absolute Gasteiger partial charge is 0.303 e. The topological polar surface area (TPSA) is 46.5 Å². The monoisotopic (exact) mass is 530 g/mol. The Morgan fingerprint density at radius 1 is 0.579 bits per heavy atom. The summed E-state index contributed by atoms with van der Waals surface area (Å²) in [5.41, 5.74) is 3.73. The lowest BCUT2D eigenvalue weighted by atomic mass is 9.95. The Morgan fingerprint density at radius 2 is 0.974 bits per heavy atom. The first kappa shape index (κ1) is 34.5. The lowest BCUT2D eigenvalue weighted by Crippen LogP contribution is -2.06. The highest BCUT2D eigenvalue weighted by atomic mass is 16.5. The van der Waals surface area contributed by atoms with Gasteiger partial charge in [0, 0.05) is 6.42 Å². The van der Waals surface area contributed by atoms with E-state index in [2.05, 4.69) is 32.9 Å². The van der Waals surface area contributed by atoms with Gasteiger partial charge >= 0.3 is 5.97 Å². The second kappa shape index (κ2) is 24.5. The molecule has 0 spiro atoms. The molecule has 0 fully saturated rings. The van der Waals surface area contributed by atoms with E-state index >= 15 is 0 Å². The Bertz CT molecular complexity index is 667. The Balaban J connectivity index is 2.29. The first-order chi connectivity index (χ1) is 18.6. The molecule has 3 heteroatoms. The van der Waals surface area contributed by atoms with Crippen LogP contribution in [-0.2, 0) is 24.1 Å². The zero-order valence-electron chi connectivity index (χ0n) is 25.6. The van der Waals surface area contributed by atoms with Crippen molar-refractivity contribution in [2.24, 2.45) is 0 Å². The molecule has 1 aromatic rings. The van der Waals surface area contributed by atoms with Crippen LogP contribution in [0, 0.1) is 0 Å². The number of aliphatic carboxylic acids is 1. The second-order valence-electron chi connectivity index (χ2n) is 11.5. The standard InChI is InChI=1S/C35H62O3/c1-4-7-10-11-12-13-14-15-16-17-18-19-20-21-22-23-28-38-35-32(24-8-5-2)29-31(26-27-34(36)37)30-33(35)25-9-6-3/h29-30H,4-28H2,1-3H3,(H,36,37). The van der Waals surface area contributed by atoms with Crippen molar-refractivity contribution < 1.29 is 14.6 Å². The summed E-state index contributed by atoms with van der Waals surface area (Å²) < 4.78 is 6.45. The number of ether oxygens (including phenoxy) is 1. The predicted molar refractivity (Wildman–Crippen MR) is 165 cm³/mol. The van der Waals surface area contributed by atoms with Gasteiger partial charge in [-0.25, -0.2) is 0 Å². The van der Waals surface area contributed by atoms with Crippen LogP contribution in [0.15, 0.2) is 12.1 Å². The first-order valence-electron chi connectivity index (χ1n) is 16.6. The van der Waals surface area contributed by atoms with Gasteiger partial charge in [-0.15, -0.1) is 0 Å². The number of carboxylic acids is 1. The van der Waals surface area contributed by atoms with Gasteiger partial charge in [0.2, 0.25) is 0 Å². The van der Waals surface area contributed by atoms with Crippen molar-refractivity contribution in [1.29, 1.82) is 0 Å². The van der Waals surface area contributed by atoms with Gasteiger partial charge in [-0.05, 0) is 55.2 Å². The van der Waals surface area contributed by atoms with Crippen LogP contribution in [0.2, 0.25) is 0 Å². The van der Waals surface area contributed by atoms with Crippen LogP contribution >= 0.6 is 0 Å². The van der Waals surface area contributed by atoms with E-state index in [9.17, 15) is 4.79 Å². The number of unbranched alkanes of at least 4 members (excludes halogenated alkanes) is 17. The first-order valence-corrected chi connectivity index (χ1v) is 16.6. The second-order valence-corrected chi connectivity index (χ2v) is 11.5. The maximum atomic E-state index is 11.1. The van der Waals surface area contributed by atoms with Gasteiger partial charge in [-0.3, -0.25) is 4.79 Å². The predicted octanol–water partition coefficient (Wildman–Crippen LogP) is 11.0. The Morgan fingerprint density at radius 3 is 1.37 bits per heavy atom. The van der Waals surface area contributed by atoms with Gasteiger partial charge in [-0.1, -0.05) is 142 Å². The molecule has 1 N–H and O–H groups in total. The number of carbonyl (C=O) groups is 1. The fourth-order valence-electron chi connectivity index (χ4n) is 5.34. The average Bonchev–Trinajstić information content (AvgIpc) is 2.91. The molecule has 220 valence electrons. The minimum atomic E-state index is -0.723. The number of rotatable bonds is 27. The van der Waals surface area contributed by atoms with Crippen molar-refractivity contribution in [1.82, 2.24) is 0 Å². The summed E-state index contributed by atoms with van der Waals surface area (Å²) >= 11 is 0. The Labute approximate surface area is 236 Å². The molecule has 0 atom stereocenters. The molecule has 1 aromatic carbocycles. The van der Waals surface area contributed by atoms with Gasteiger partial charge in [0.15, 0.2) is 0 Å². The number of hydrogen-bond donors (Lipinski definition) is 1. The van der Waals surface area contributed by atoms with Crippen molar-refractivity contribution in [2.75, 3.05) is 6.61 Å². The third kappa shape index (κ3) is 17.9. The normalized spacial score (nSPS) is 11.2. The molecule has 0 aliphatic heterocycles. The third-order valence-electron chi connectivity index (χ3n) is 7.77. The molecule has 38 heavy (non-hydrogen) atoms. The van der Waals surface area contributed by atoms with E-state index in [-0.39, 0.29) is 6.42 Å². The van der Waals surface area contributed by atoms with E-state index in [1.165, 1.54) is 107 Å². The maximum Gasteiger partial charge on any atom is 0.303 e. The van der Waals surface area contributed by atoms with Gasteiger partial charge in [0.25, 0.3) is 0 Å². The minimum Gasteiger partial charge on any atom is -0.493 e. The molecule has 0 amide bonds. The van der Waals surface area contributed by atoms with Crippen LogP contribution in [0.4, 0.5) is 0 Å². The van der Waals surface area contributed by atoms with Crippen molar-refractivity contribution in [3.63, 3.8) is 0 Å². The van der Waals surface area contributed by atoms with E-state index in [0.29, 0.717) is 6.42 Å². The fourth-order valence-corrected chi connectivity index (χ4v) is 5.34. The highest BCUT2D eigenvalue weighted by molar-refractivity contribution is 5.67. The number of benzene rings is 1. The number of carboxylic acid groups (broad SMARTS) is 1. The highest BCUT2D eigenvalue weighted by Crippen LogP contribution is 2.30. The summed E-state index contributed by atoms with van der Waals surface area (Å²) in [5, 5.41) is 9.14. The highest BCUT2D eigenvalue weighted by Gasteiger charge is 2.13. The molecule has 3 nitrogen and oxygen atoms in total. The molecule has 0 saturated heterocycles. The van der Waals surface area contributed by atoms with Gasteiger partial charge < -0.3 is 9.84 Å². The SMILES string of the molecule is CCCCCCCCCCCCCCCCCCOc1c(CCCC)cc(CCC(=O)O)cc1CCCC. The third-order valence-corrected chi connectivity index (χ3v) is 7.77. The van der Waals surface area contributed by atoms with E-state index in [1.54, 1.807) is 0 Å². The fraction of sp³-hybridized carbons (Fsp3) is 0.800. The summed E-state index contributed by atoms with van der Waals surface area (Å²) in [6.07, 6.45) is 29.5. The molecule has 0 aliphatic carbocycles. The van der Waals surface area contributed by atoms with E-state index in [4.69, 9.17) is 9.84 Å². The van der Waals surface area contributed by atoms with Crippen LogP contribution in [-0.4, -0.2) is 17.7 Å². The van der Waals surface area contributed by atoms with Crippen LogP contribution in [0.5, 0.6) is 5.75 Å². The van der Waals surface area contributed by atoms with Gasteiger partial charge in [0.05, 0.1) is 6.61 Å². The van der Waals surface area contributed by atoms with Crippen LogP contribution in [0.25, 0.3) is 0 Å². The van der Waals surface area contributed by atoms with E-state index < -0.39 is 5.97 Å². The molecule has 0 aliphatic rings. The van der Waals surface area contributed by atoms with Crippen molar-refractivity contribution in [2.45, 2.75) is 175 Å². The van der Waals surface area contributed by atoms with Crippen molar-refractivity contribution >= 4 is 5.97 Å². The zero-order valence-corrected chi connectivity index (χ0v) is 25.6. The van der Waals surface area contributed by atoms with Crippen LogP contribution < -0.4 is 4.74 Å². The molecule has 0 radical (unpaired) electrons. The summed E-state index contributed by atoms with van der Waals surface area (Å²) in [6, 6.07) is 4.44. The van der Waals surface area contributed by atoms with Crippen LogP contribution in [0.1, 0.15) is 172 Å². The number of aryl methyl sites for hydroxylation is 3. The lowest BCUT2D eigenvalue weighted by Gasteiger charge is -2.18. The molecule has 1 rings (SSSR count). The summed E-state index contributed by atoms with van der Waals surface area (Å²) in [4.78, 5) is 11.1. The summed E-state index contributed by atoms with van der Waals surface area (Å²) in [6.45, 7) is 7.54. The number of hydrogen-bond acceptors (Lipinski definition) is 2. The molecule has 0 saturated carbocycles. The molecular weight excluding hydrogens is 468 g/mol. The van der Waals surface area contributed by atoms with E-state index in [0.717, 1.165) is 62.9 Å². The Hall–Kier alpha value is -1.51. The van der Waals surface area contributed by atoms with E-state index in [1.807, 2.05) is 0 Å². The zero-order chi connectivity index (χ0) is 27.7. The summed E-state index contributed by atoms with van der Waals surface area (Å²) in [5.74, 6) is 0.381.